The van der Waals surface area contributed by atoms with Crippen LogP contribution in [0.25, 0.3) is 10.9 Å². The van der Waals surface area contributed by atoms with Gasteiger partial charge in [-0.25, -0.2) is 9.78 Å². The number of ether oxygens (including phenoxy) is 1. The molecular formula is C22H22F3N3O5. The average Bonchev–Trinajstić information content (AvgIpc) is 2.76. The number of hydrogen-bond donors (Lipinski definition) is 2. The smallest absolute Gasteiger partial charge is 0.490 e. The zero-order valence-electron chi connectivity index (χ0n) is 17.8. The van der Waals surface area contributed by atoms with E-state index in [0.717, 1.165) is 16.5 Å². The van der Waals surface area contributed by atoms with Gasteiger partial charge in [0.2, 0.25) is 5.91 Å². The molecule has 0 spiro atoms. The van der Waals surface area contributed by atoms with Gasteiger partial charge in [-0.1, -0.05) is 18.2 Å². The Morgan fingerprint density at radius 3 is 2.45 bits per heavy atom. The third-order valence-electron chi connectivity index (χ3n) is 4.34. The number of amides is 1. The second kappa shape index (κ2) is 11.1. The number of rotatable bonds is 6. The van der Waals surface area contributed by atoms with Crippen molar-refractivity contribution in [2.75, 3.05) is 11.9 Å². The molecule has 0 saturated carbocycles. The number of anilines is 1. The van der Waals surface area contributed by atoms with Gasteiger partial charge < -0.3 is 19.7 Å². The molecule has 33 heavy (non-hydrogen) atoms. The third-order valence-corrected chi connectivity index (χ3v) is 4.34. The van der Waals surface area contributed by atoms with E-state index in [-0.39, 0.29) is 11.5 Å². The number of alkyl halides is 3. The summed E-state index contributed by atoms with van der Waals surface area (Å²) < 4.78 is 39.1. The zero-order valence-corrected chi connectivity index (χ0v) is 17.8. The number of carboxylic acid groups (broad SMARTS) is 1. The summed E-state index contributed by atoms with van der Waals surface area (Å²) in [7, 11) is 1.73. The molecule has 0 radical (unpaired) electrons. The molecule has 0 aliphatic rings. The number of benzene rings is 1. The highest BCUT2D eigenvalue weighted by molar-refractivity contribution is 5.89. The molecule has 2 aromatic heterocycles. The van der Waals surface area contributed by atoms with Crippen molar-refractivity contribution < 1.29 is 32.6 Å². The summed E-state index contributed by atoms with van der Waals surface area (Å²) in [6.07, 6.45) is -2.51. The number of pyridine rings is 2. The van der Waals surface area contributed by atoms with Crippen LogP contribution in [0.5, 0.6) is 5.75 Å². The van der Waals surface area contributed by atoms with Crippen LogP contribution in [0.2, 0.25) is 0 Å². The quantitative estimate of drug-likeness (QED) is 0.538. The Balaban J connectivity index is 0.000000479. The number of aliphatic carboxylic acids is 1. The average molecular weight is 465 g/mol. The number of aryl methyl sites for hydroxylation is 2. The highest BCUT2D eigenvalue weighted by atomic mass is 19.4. The first-order valence-corrected chi connectivity index (χ1v) is 9.73. The molecule has 2 heterocycles. The van der Waals surface area contributed by atoms with Gasteiger partial charge in [0, 0.05) is 31.1 Å². The Morgan fingerprint density at radius 2 is 1.85 bits per heavy atom. The molecule has 0 saturated heterocycles. The summed E-state index contributed by atoms with van der Waals surface area (Å²) in [5, 5.41) is 10.8. The fraction of sp³-hybridized carbons (Fsp3) is 0.273. The third kappa shape index (κ3) is 7.63. The van der Waals surface area contributed by atoms with E-state index in [2.05, 4.69) is 10.3 Å². The van der Waals surface area contributed by atoms with E-state index >= 15 is 0 Å². The Labute approximate surface area is 186 Å². The summed E-state index contributed by atoms with van der Waals surface area (Å²) in [4.78, 5) is 37.0. The molecule has 1 amide bonds. The van der Waals surface area contributed by atoms with Gasteiger partial charge >= 0.3 is 12.1 Å². The van der Waals surface area contributed by atoms with Gasteiger partial charge in [0.15, 0.2) is 0 Å². The molecule has 8 nitrogen and oxygen atoms in total. The van der Waals surface area contributed by atoms with Gasteiger partial charge in [-0.3, -0.25) is 9.59 Å². The fourth-order valence-electron chi connectivity index (χ4n) is 2.66. The van der Waals surface area contributed by atoms with Crippen LogP contribution in [0.3, 0.4) is 0 Å². The number of carbonyl (C=O) groups excluding carboxylic acids is 1. The van der Waals surface area contributed by atoms with Crippen molar-refractivity contribution in [3.05, 3.63) is 64.6 Å². The van der Waals surface area contributed by atoms with Crippen LogP contribution >= 0.6 is 0 Å². The number of hydrogen-bond acceptors (Lipinski definition) is 5. The normalized spacial score (nSPS) is 10.8. The predicted octanol–water partition coefficient (Wildman–Crippen LogP) is 3.67. The topological polar surface area (TPSA) is 111 Å². The van der Waals surface area contributed by atoms with E-state index in [9.17, 15) is 22.8 Å². The maximum Gasteiger partial charge on any atom is 0.490 e. The molecule has 0 aliphatic carbocycles. The number of aromatic nitrogens is 2. The molecule has 3 aromatic rings. The molecule has 0 unspecified atom stereocenters. The lowest BCUT2D eigenvalue weighted by Gasteiger charge is -2.11. The number of para-hydroxylation sites is 1. The Morgan fingerprint density at radius 1 is 1.18 bits per heavy atom. The van der Waals surface area contributed by atoms with Crippen LogP contribution in [-0.2, 0) is 16.6 Å². The minimum Gasteiger partial charge on any atom is -0.493 e. The number of nitrogens with one attached hydrogen (secondary N) is 1. The number of halogens is 3. The minimum absolute atomic E-state index is 0.112. The molecular weight excluding hydrogens is 443 g/mol. The molecule has 176 valence electrons. The maximum atomic E-state index is 12.0. The molecule has 0 bridgehead atoms. The molecule has 3 rings (SSSR count). The van der Waals surface area contributed by atoms with Crippen LogP contribution in [-0.4, -0.2) is 39.3 Å². The van der Waals surface area contributed by atoms with Gasteiger partial charge in [-0.15, -0.1) is 0 Å². The predicted molar refractivity (Wildman–Crippen MR) is 115 cm³/mol. The number of nitrogens with zero attached hydrogens (tertiary/aromatic N) is 2. The van der Waals surface area contributed by atoms with Crippen molar-refractivity contribution in [1.29, 1.82) is 0 Å². The lowest BCUT2D eigenvalue weighted by Crippen LogP contribution is -2.21. The van der Waals surface area contributed by atoms with Crippen molar-refractivity contribution >= 4 is 28.6 Å². The Kier molecular flexibility index (Phi) is 8.55. The van der Waals surface area contributed by atoms with Gasteiger partial charge in [-0.05, 0) is 37.1 Å². The van der Waals surface area contributed by atoms with Gasteiger partial charge in [0.05, 0.1) is 12.1 Å². The van der Waals surface area contributed by atoms with E-state index in [4.69, 9.17) is 14.6 Å². The second-order valence-electron chi connectivity index (χ2n) is 6.95. The first kappa shape index (κ1) is 25.4. The van der Waals surface area contributed by atoms with E-state index in [1.807, 2.05) is 37.3 Å². The monoisotopic (exact) mass is 465 g/mol. The van der Waals surface area contributed by atoms with Crippen molar-refractivity contribution in [1.82, 2.24) is 9.55 Å². The summed E-state index contributed by atoms with van der Waals surface area (Å²) in [6.45, 7) is 2.29. The zero-order chi connectivity index (χ0) is 24.6. The molecule has 0 atom stereocenters. The molecule has 2 N–H and O–H groups in total. The van der Waals surface area contributed by atoms with Gasteiger partial charge in [0.1, 0.15) is 11.6 Å². The van der Waals surface area contributed by atoms with Gasteiger partial charge in [0.25, 0.3) is 5.56 Å². The summed E-state index contributed by atoms with van der Waals surface area (Å²) >= 11 is 0. The first-order valence-electron chi connectivity index (χ1n) is 9.73. The van der Waals surface area contributed by atoms with Crippen LogP contribution in [0.1, 0.15) is 18.4 Å². The highest BCUT2D eigenvalue weighted by Crippen LogP contribution is 2.23. The van der Waals surface area contributed by atoms with E-state index in [1.54, 1.807) is 23.9 Å². The molecule has 11 heteroatoms. The van der Waals surface area contributed by atoms with Crippen LogP contribution < -0.4 is 15.6 Å². The molecule has 0 fully saturated rings. The molecule has 0 aliphatic heterocycles. The van der Waals surface area contributed by atoms with Crippen LogP contribution in [0.4, 0.5) is 19.0 Å². The highest BCUT2D eigenvalue weighted by Gasteiger charge is 2.38. The van der Waals surface area contributed by atoms with Crippen LogP contribution in [0.15, 0.2) is 53.5 Å². The molecule has 1 aromatic carbocycles. The summed E-state index contributed by atoms with van der Waals surface area (Å²) in [6, 6.07) is 12.7. The van der Waals surface area contributed by atoms with Crippen LogP contribution in [0, 0.1) is 6.92 Å². The van der Waals surface area contributed by atoms with Crippen molar-refractivity contribution in [3.8, 4) is 5.75 Å². The second-order valence-corrected chi connectivity index (χ2v) is 6.95. The standard InChI is InChI=1S/C20H21N3O3.C2HF3O2/c1-14-9-10-18(21-13-14)22-19(24)8-5-11-26-17-12-20(25)23(2)16-7-4-3-6-15(16)17;3-2(4,5)1(6)7/h3-4,6-7,9-10,12-13H,5,8,11H2,1-2H3,(H,21,22,24);(H,6,7). The van der Waals surface area contributed by atoms with E-state index in [1.165, 1.54) is 6.07 Å². The SMILES string of the molecule is Cc1ccc(NC(=O)CCCOc2cc(=O)n(C)c3ccccc23)nc1.O=C(O)C(F)(F)F. The first-order chi connectivity index (χ1) is 15.5. The Bertz CT molecular complexity index is 1170. The number of fused-ring (bicyclic) bond motifs is 1. The number of carbonyl (C=O) groups is 2. The summed E-state index contributed by atoms with van der Waals surface area (Å²) in [5.41, 5.74) is 1.73. The van der Waals surface area contributed by atoms with Gasteiger partial charge in [-0.2, -0.15) is 13.2 Å². The van der Waals surface area contributed by atoms with Crippen molar-refractivity contribution in [3.63, 3.8) is 0 Å². The lowest BCUT2D eigenvalue weighted by molar-refractivity contribution is -0.192. The fourth-order valence-corrected chi connectivity index (χ4v) is 2.66. The lowest BCUT2D eigenvalue weighted by atomic mass is 10.2. The van der Waals surface area contributed by atoms with Crippen molar-refractivity contribution in [2.24, 2.45) is 7.05 Å². The Hall–Kier alpha value is -3.89. The van der Waals surface area contributed by atoms with E-state index in [0.29, 0.717) is 31.0 Å². The minimum atomic E-state index is -5.08. The maximum absolute atomic E-state index is 12.0. The largest absolute Gasteiger partial charge is 0.493 e. The van der Waals surface area contributed by atoms with Crippen molar-refractivity contribution in [2.45, 2.75) is 25.9 Å². The number of carboxylic acids is 1. The summed E-state index contributed by atoms with van der Waals surface area (Å²) in [5.74, 6) is -1.78. The van der Waals surface area contributed by atoms with E-state index < -0.39 is 12.1 Å².